The zero-order chi connectivity index (χ0) is 15.4. The number of thioether (sulfide) groups is 1. The van der Waals surface area contributed by atoms with Crippen LogP contribution < -0.4 is 11.2 Å². The topological polar surface area (TPSA) is 131 Å². The number of aromatic hydroxyl groups is 1. The minimum Gasteiger partial charge on any atom is -0.502 e. The normalized spacial score (nSPS) is 21.6. The summed E-state index contributed by atoms with van der Waals surface area (Å²) in [5, 5.41) is 23.5. The number of benzene rings is 1. The second-order valence-corrected chi connectivity index (χ2v) is 5.93. The number of nitro benzene ring substituents is 1. The molecule has 0 bridgehead atoms. The first-order valence-corrected chi connectivity index (χ1v) is 7.13. The number of rotatable bonds is 4. The molecule has 9 heteroatoms. The van der Waals surface area contributed by atoms with Gasteiger partial charge in [0.25, 0.3) is 5.91 Å². The minimum atomic E-state index is -0.693. The van der Waals surface area contributed by atoms with Crippen molar-refractivity contribution < 1.29 is 14.8 Å². The molecule has 2 rings (SSSR count). The molecule has 2 unspecified atom stereocenters. The maximum absolute atomic E-state index is 11.8. The highest BCUT2D eigenvalue weighted by Gasteiger charge is 2.28. The molecular formula is C12H14N4O4S. The Bertz CT molecular complexity index is 593. The van der Waals surface area contributed by atoms with Gasteiger partial charge in [0.05, 0.1) is 21.8 Å². The fourth-order valence-corrected chi connectivity index (χ4v) is 3.01. The van der Waals surface area contributed by atoms with E-state index in [1.54, 1.807) is 0 Å². The minimum absolute atomic E-state index is 0.0236. The Morgan fingerprint density at radius 2 is 2.33 bits per heavy atom. The molecule has 1 aromatic rings. The van der Waals surface area contributed by atoms with Crippen molar-refractivity contribution in [1.29, 1.82) is 0 Å². The number of nitrogens with zero attached hydrogens (tertiary/aromatic N) is 2. The Morgan fingerprint density at radius 3 is 2.95 bits per heavy atom. The van der Waals surface area contributed by atoms with Crippen LogP contribution in [0.25, 0.3) is 0 Å². The van der Waals surface area contributed by atoms with Crippen molar-refractivity contribution in [3.63, 3.8) is 0 Å². The van der Waals surface area contributed by atoms with E-state index in [9.17, 15) is 20.0 Å². The van der Waals surface area contributed by atoms with E-state index in [0.717, 1.165) is 6.42 Å². The molecule has 0 saturated carbocycles. The maximum Gasteiger partial charge on any atom is 0.311 e. The molecule has 1 fully saturated rings. The fraction of sp³-hybridized carbons (Fsp3) is 0.333. The predicted octanol–water partition coefficient (Wildman–Crippen LogP) is 0.931. The van der Waals surface area contributed by atoms with Gasteiger partial charge in [0.1, 0.15) is 0 Å². The third-order valence-electron chi connectivity index (χ3n) is 2.93. The van der Waals surface area contributed by atoms with Crippen LogP contribution in [-0.4, -0.2) is 32.8 Å². The molecule has 0 aliphatic carbocycles. The maximum atomic E-state index is 11.8. The molecule has 112 valence electrons. The van der Waals surface area contributed by atoms with Crippen molar-refractivity contribution in [1.82, 2.24) is 5.43 Å². The average Bonchev–Trinajstić information content (AvgIpc) is 2.87. The number of phenols is 1. The zero-order valence-electron chi connectivity index (χ0n) is 10.9. The van der Waals surface area contributed by atoms with Crippen LogP contribution in [-0.2, 0) is 4.79 Å². The van der Waals surface area contributed by atoms with Gasteiger partial charge in [0, 0.05) is 11.6 Å². The number of carbonyl (C=O) groups is 1. The lowest BCUT2D eigenvalue weighted by Gasteiger charge is -2.06. The molecule has 1 aliphatic heterocycles. The van der Waals surface area contributed by atoms with Gasteiger partial charge in [-0.1, -0.05) is 0 Å². The number of nitrogens with two attached hydrogens (primary N) is 1. The van der Waals surface area contributed by atoms with E-state index in [0.29, 0.717) is 12.0 Å². The van der Waals surface area contributed by atoms with E-state index in [1.807, 2.05) is 0 Å². The molecule has 0 aromatic heterocycles. The Kier molecular flexibility index (Phi) is 4.76. The van der Waals surface area contributed by atoms with Gasteiger partial charge in [-0.25, -0.2) is 5.43 Å². The first kappa shape index (κ1) is 15.3. The van der Waals surface area contributed by atoms with Crippen LogP contribution >= 0.6 is 11.8 Å². The first-order chi connectivity index (χ1) is 9.97. The average molecular weight is 310 g/mol. The standard InChI is InChI=1S/C12H14N4O4S/c13-11-4-3-10(21-11)12(18)15-14-6-7-1-2-9(17)8(5-7)16(19)20/h1-2,5-6,10-11,17H,3-4,13H2,(H,15,18)/b14-6-. The number of amides is 1. The lowest BCUT2D eigenvalue weighted by molar-refractivity contribution is -0.385. The molecule has 21 heavy (non-hydrogen) atoms. The highest BCUT2D eigenvalue weighted by Crippen LogP contribution is 2.30. The van der Waals surface area contributed by atoms with Gasteiger partial charge in [-0.15, -0.1) is 11.8 Å². The summed E-state index contributed by atoms with van der Waals surface area (Å²) in [4.78, 5) is 21.7. The van der Waals surface area contributed by atoms with Crippen LogP contribution in [0.4, 0.5) is 5.69 Å². The number of hydrogen-bond donors (Lipinski definition) is 3. The Hall–Kier alpha value is -2.13. The van der Waals surface area contributed by atoms with Crippen molar-refractivity contribution in [2.45, 2.75) is 23.5 Å². The molecule has 1 amide bonds. The largest absolute Gasteiger partial charge is 0.502 e. The molecule has 1 aliphatic rings. The van der Waals surface area contributed by atoms with Crippen LogP contribution in [0, 0.1) is 10.1 Å². The number of hydrogen-bond acceptors (Lipinski definition) is 7. The first-order valence-electron chi connectivity index (χ1n) is 6.18. The van der Waals surface area contributed by atoms with Crippen LogP contribution in [0.3, 0.4) is 0 Å². The number of carbonyl (C=O) groups excluding carboxylic acids is 1. The second-order valence-electron chi connectivity index (χ2n) is 4.48. The molecule has 1 heterocycles. The van der Waals surface area contributed by atoms with Crippen LogP contribution in [0.5, 0.6) is 5.75 Å². The molecular weight excluding hydrogens is 296 g/mol. The summed E-state index contributed by atoms with van der Waals surface area (Å²) in [6, 6.07) is 3.83. The monoisotopic (exact) mass is 310 g/mol. The highest BCUT2D eigenvalue weighted by molar-refractivity contribution is 8.01. The van der Waals surface area contributed by atoms with E-state index in [-0.39, 0.29) is 16.5 Å². The molecule has 2 atom stereocenters. The Balaban J connectivity index is 1.97. The van der Waals surface area contributed by atoms with Crippen molar-refractivity contribution >= 4 is 29.6 Å². The summed E-state index contributed by atoms with van der Waals surface area (Å²) in [6.45, 7) is 0. The number of nitro groups is 1. The van der Waals surface area contributed by atoms with Gasteiger partial charge in [-0.3, -0.25) is 14.9 Å². The summed E-state index contributed by atoms with van der Waals surface area (Å²) in [7, 11) is 0. The lowest BCUT2D eigenvalue weighted by atomic mass is 10.2. The van der Waals surface area contributed by atoms with E-state index in [4.69, 9.17) is 5.73 Å². The fourth-order valence-electron chi connectivity index (χ4n) is 1.87. The summed E-state index contributed by atoms with van der Waals surface area (Å²) in [5.74, 6) is -0.657. The Morgan fingerprint density at radius 1 is 1.57 bits per heavy atom. The molecule has 0 spiro atoms. The van der Waals surface area contributed by atoms with Crippen molar-refractivity contribution in [2.24, 2.45) is 10.8 Å². The quantitative estimate of drug-likeness (QED) is 0.431. The van der Waals surface area contributed by atoms with Crippen molar-refractivity contribution in [3.05, 3.63) is 33.9 Å². The molecule has 1 saturated heterocycles. The predicted molar refractivity (Wildman–Crippen MR) is 79.1 cm³/mol. The summed E-state index contributed by atoms with van der Waals surface area (Å²) >= 11 is 1.40. The summed E-state index contributed by atoms with van der Waals surface area (Å²) in [5.41, 5.74) is 8.06. The van der Waals surface area contributed by atoms with Gasteiger partial charge >= 0.3 is 5.69 Å². The van der Waals surface area contributed by atoms with Gasteiger partial charge in [0.15, 0.2) is 5.75 Å². The highest BCUT2D eigenvalue weighted by atomic mass is 32.2. The van der Waals surface area contributed by atoms with Crippen LogP contribution in [0.15, 0.2) is 23.3 Å². The smallest absolute Gasteiger partial charge is 0.311 e. The SMILES string of the molecule is NC1CCC(C(=O)N/N=C\c2ccc(O)c([N+](=O)[O-])c2)S1. The zero-order valence-corrected chi connectivity index (χ0v) is 11.7. The third-order valence-corrected chi connectivity index (χ3v) is 4.29. The van der Waals surface area contributed by atoms with E-state index in [2.05, 4.69) is 10.5 Å². The van der Waals surface area contributed by atoms with Crippen LogP contribution in [0.1, 0.15) is 18.4 Å². The third kappa shape index (κ3) is 3.92. The lowest BCUT2D eigenvalue weighted by Crippen LogP contribution is -2.27. The number of phenolic OH excluding ortho intramolecular Hbond substituents is 1. The molecule has 8 nitrogen and oxygen atoms in total. The summed E-state index contributed by atoms with van der Waals surface area (Å²) < 4.78 is 0. The van der Waals surface area contributed by atoms with Crippen molar-refractivity contribution in [3.8, 4) is 5.75 Å². The van der Waals surface area contributed by atoms with Crippen molar-refractivity contribution in [2.75, 3.05) is 0 Å². The number of hydrazone groups is 1. The second kappa shape index (κ2) is 6.55. The number of nitrogens with one attached hydrogen (secondary N) is 1. The van der Waals surface area contributed by atoms with E-state index < -0.39 is 16.4 Å². The van der Waals surface area contributed by atoms with Gasteiger partial charge < -0.3 is 10.8 Å². The van der Waals surface area contributed by atoms with E-state index >= 15 is 0 Å². The van der Waals surface area contributed by atoms with Gasteiger partial charge in [-0.2, -0.15) is 5.10 Å². The van der Waals surface area contributed by atoms with Gasteiger partial charge in [0.2, 0.25) is 0 Å². The van der Waals surface area contributed by atoms with E-state index in [1.165, 1.54) is 36.2 Å². The molecule has 4 N–H and O–H groups in total. The van der Waals surface area contributed by atoms with Gasteiger partial charge in [-0.05, 0) is 25.0 Å². The summed E-state index contributed by atoms with van der Waals surface area (Å²) in [6.07, 6.45) is 2.78. The molecule has 0 radical (unpaired) electrons. The Labute approximate surface area is 124 Å². The molecule has 1 aromatic carbocycles. The van der Waals surface area contributed by atoms with Crippen LogP contribution in [0.2, 0.25) is 0 Å².